The Kier molecular flexibility index (Phi) is 8.03. The van der Waals surface area contributed by atoms with Crippen LogP contribution in [0.25, 0.3) is 0 Å². The molecule has 2 fully saturated rings. The van der Waals surface area contributed by atoms with Gasteiger partial charge in [-0.2, -0.15) is 0 Å². The van der Waals surface area contributed by atoms with Gasteiger partial charge in [0.05, 0.1) is 5.69 Å². The number of hydrogen-bond acceptors (Lipinski definition) is 3. The van der Waals surface area contributed by atoms with Crippen molar-refractivity contribution < 1.29 is 4.52 Å². The van der Waals surface area contributed by atoms with Crippen molar-refractivity contribution in [2.24, 2.45) is 22.7 Å². The Morgan fingerprint density at radius 3 is 2.64 bits per heavy atom. The molecule has 2 aliphatic carbocycles. The van der Waals surface area contributed by atoms with E-state index < -0.39 is 0 Å². The number of nitrogens with one attached hydrogen (secondary N) is 2. The van der Waals surface area contributed by atoms with E-state index >= 15 is 0 Å². The molecule has 0 spiro atoms. The SMILES string of the molecule is CCc1noc(CC)c1CNC(=NC)NCCC1CC2CCC1C2.I. The molecule has 2 N–H and O–H groups in total. The molecule has 1 aromatic heterocycles. The fraction of sp³-hybridized carbons (Fsp3) is 0.789. The van der Waals surface area contributed by atoms with Gasteiger partial charge >= 0.3 is 0 Å². The number of aliphatic imine (C=N–C) groups is 1. The molecule has 3 unspecified atom stereocenters. The van der Waals surface area contributed by atoms with Crippen LogP contribution >= 0.6 is 24.0 Å². The molecule has 1 heterocycles. The fourth-order valence-electron chi connectivity index (χ4n) is 4.64. The Morgan fingerprint density at radius 1 is 1.20 bits per heavy atom. The van der Waals surface area contributed by atoms with Gasteiger partial charge in [-0.25, -0.2) is 0 Å². The minimum Gasteiger partial charge on any atom is -0.361 e. The van der Waals surface area contributed by atoms with Gasteiger partial charge < -0.3 is 15.2 Å². The van der Waals surface area contributed by atoms with Gasteiger partial charge in [-0.1, -0.05) is 25.4 Å². The molecule has 0 saturated heterocycles. The summed E-state index contributed by atoms with van der Waals surface area (Å²) in [5, 5.41) is 11.1. The van der Waals surface area contributed by atoms with Crippen LogP contribution in [-0.4, -0.2) is 24.7 Å². The van der Waals surface area contributed by atoms with E-state index in [2.05, 4.69) is 34.6 Å². The topological polar surface area (TPSA) is 62.5 Å². The van der Waals surface area contributed by atoms with Crippen LogP contribution in [-0.2, 0) is 19.4 Å². The number of fused-ring (bicyclic) bond motifs is 2. The van der Waals surface area contributed by atoms with Crippen molar-refractivity contribution in [3.8, 4) is 0 Å². The lowest BCUT2D eigenvalue weighted by Gasteiger charge is -2.22. The van der Waals surface area contributed by atoms with Crippen LogP contribution in [0.3, 0.4) is 0 Å². The quantitative estimate of drug-likeness (QED) is 0.368. The zero-order valence-electron chi connectivity index (χ0n) is 15.8. The lowest BCUT2D eigenvalue weighted by molar-refractivity contribution is 0.315. The van der Waals surface area contributed by atoms with Crippen LogP contribution in [0.1, 0.15) is 63.0 Å². The second-order valence-electron chi connectivity index (χ2n) is 7.31. The molecule has 5 nitrogen and oxygen atoms in total. The van der Waals surface area contributed by atoms with Gasteiger partial charge in [0.1, 0.15) is 5.76 Å². The molecule has 0 radical (unpaired) electrons. The van der Waals surface area contributed by atoms with Crippen molar-refractivity contribution in [1.29, 1.82) is 0 Å². The number of aromatic nitrogens is 1. The summed E-state index contributed by atoms with van der Waals surface area (Å²) in [5.41, 5.74) is 2.24. The van der Waals surface area contributed by atoms with E-state index in [4.69, 9.17) is 4.52 Å². The van der Waals surface area contributed by atoms with Gasteiger partial charge in [0.25, 0.3) is 0 Å². The van der Waals surface area contributed by atoms with Crippen LogP contribution in [0.15, 0.2) is 9.52 Å². The predicted octanol–water partition coefficient (Wildman–Crippen LogP) is 3.91. The van der Waals surface area contributed by atoms with E-state index in [0.29, 0.717) is 0 Å². The van der Waals surface area contributed by atoms with Crippen LogP contribution in [0.4, 0.5) is 0 Å². The summed E-state index contributed by atoms with van der Waals surface area (Å²) >= 11 is 0. The van der Waals surface area contributed by atoms with Gasteiger partial charge in [-0.15, -0.1) is 24.0 Å². The van der Waals surface area contributed by atoms with E-state index in [1.807, 2.05) is 7.05 Å². The van der Waals surface area contributed by atoms with E-state index in [1.54, 1.807) is 0 Å². The number of aryl methyl sites for hydroxylation is 2. The van der Waals surface area contributed by atoms with Crippen LogP contribution in [0.2, 0.25) is 0 Å². The highest BCUT2D eigenvalue weighted by molar-refractivity contribution is 14.0. The van der Waals surface area contributed by atoms with Crippen molar-refractivity contribution >= 4 is 29.9 Å². The van der Waals surface area contributed by atoms with Crippen LogP contribution in [0, 0.1) is 17.8 Å². The molecular formula is C19H33IN4O. The first-order valence-corrected chi connectivity index (χ1v) is 9.65. The highest BCUT2D eigenvalue weighted by Gasteiger charge is 2.38. The zero-order valence-corrected chi connectivity index (χ0v) is 18.1. The minimum atomic E-state index is 0. The van der Waals surface area contributed by atoms with E-state index in [0.717, 1.165) is 61.1 Å². The highest BCUT2D eigenvalue weighted by Crippen LogP contribution is 2.49. The van der Waals surface area contributed by atoms with Crippen molar-refractivity contribution in [1.82, 2.24) is 15.8 Å². The van der Waals surface area contributed by atoms with E-state index in [-0.39, 0.29) is 24.0 Å². The maximum atomic E-state index is 5.43. The second-order valence-corrected chi connectivity index (χ2v) is 7.31. The summed E-state index contributed by atoms with van der Waals surface area (Å²) in [6, 6.07) is 0. The van der Waals surface area contributed by atoms with Crippen molar-refractivity contribution in [3.63, 3.8) is 0 Å². The zero-order chi connectivity index (χ0) is 16.9. The summed E-state index contributed by atoms with van der Waals surface area (Å²) in [6.45, 7) is 5.96. The van der Waals surface area contributed by atoms with Gasteiger partial charge in [-0.3, -0.25) is 4.99 Å². The summed E-state index contributed by atoms with van der Waals surface area (Å²) < 4.78 is 5.43. The lowest BCUT2D eigenvalue weighted by Crippen LogP contribution is -2.38. The Hall–Kier alpha value is -0.790. The van der Waals surface area contributed by atoms with Crippen molar-refractivity contribution in [2.75, 3.05) is 13.6 Å². The lowest BCUT2D eigenvalue weighted by atomic mass is 9.86. The summed E-state index contributed by atoms with van der Waals surface area (Å²) in [6.07, 6.45) is 8.95. The molecule has 0 amide bonds. The second kappa shape index (κ2) is 9.78. The van der Waals surface area contributed by atoms with Gasteiger partial charge in [0, 0.05) is 32.1 Å². The third-order valence-corrected chi connectivity index (χ3v) is 5.96. The summed E-state index contributed by atoms with van der Waals surface area (Å²) in [5.74, 6) is 4.83. The Morgan fingerprint density at radius 2 is 2.04 bits per heavy atom. The van der Waals surface area contributed by atoms with Crippen molar-refractivity contribution in [3.05, 3.63) is 17.0 Å². The Balaban J connectivity index is 0.00000225. The fourth-order valence-corrected chi connectivity index (χ4v) is 4.64. The monoisotopic (exact) mass is 460 g/mol. The number of rotatable bonds is 7. The summed E-state index contributed by atoms with van der Waals surface area (Å²) in [4.78, 5) is 4.35. The Bertz CT molecular complexity index is 550. The molecule has 2 saturated carbocycles. The first-order valence-electron chi connectivity index (χ1n) is 9.65. The third-order valence-electron chi connectivity index (χ3n) is 5.96. The van der Waals surface area contributed by atoms with Crippen LogP contribution < -0.4 is 10.6 Å². The average molecular weight is 460 g/mol. The number of nitrogens with zero attached hydrogens (tertiary/aromatic N) is 2. The maximum Gasteiger partial charge on any atom is 0.191 e. The molecule has 0 aromatic carbocycles. The smallest absolute Gasteiger partial charge is 0.191 e. The molecule has 142 valence electrons. The normalized spacial score (nSPS) is 25.1. The number of halogens is 1. The summed E-state index contributed by atoms with van der Waals surface area (Å²) in [7, 11) is 1.84. The van der Waals surface area contributed by atoms with Gasteiger partial charge in [-0.05, 0) is 49.9 Å². The Labute approximate surface area is 168 Å². The van der Waals surface area contributed by atoms with E-state index in [1.165, 1.54) is 37.7 Å². The molecule has 3 atom stereocenters. The van der Waals surface area contributed by atoms with Crippen molar-refractivity contribution in [2.45, 2.75) is 65.3 Å². The molecule has 6 heteroatoms. The van der Waals surface area contributed by atoms with Gasteiger partial charge in [0.2, 0.25) is 0 Å². The molecule has 0 aliphatic heterocycles. The first kappa shape index (κ1) is 20.5. The van der Waals surface area contributed by atoms with Crippen LogP contribution in [0.5, 0.6) is 0 Å². The van der Waals surface area contributed by atoms with Gasteiger partial charge in [0.15, 0.2) is 5.96 Å². The standard InChI is InChI=1S/C19H32N4O.HI/c1-4-17-16(18(5-2)24-23-17)12-22-19(20-3)21-9-8-15-11-13-6-7-14(15)10-13;/h13-15H,4-12H2,1-3H3,(H2,20,21,22);1H. The third kappa shape index (κ3) is 4.89. The molecule has 2 bridgehead atoms. The molecule has 3 rings (SSSR count). The highest BCUT2D eigenvalue weighted by atomic mass is 127. The molecule has 1 aromatic rings. The minimum absolute atomic E-state index is 0. The maximum absolute atomic E-state index is 5.43. The largest absolute Gasteiger partial charge is 0.361 e. The predicted molar refractivity (Wildman–Crippen MR) is 112 cm³/mol. The number of hydrogen-bond donors (Lipinski definition) is 2. The van der Waals surface area contributed by atoms with E-state index in [9.17, 15) is 0 Å². The average Bonchev–Trinajstić information content (AvgIpc) is 3.32. The molecule has 25 heavy (non-hydrogen) atoms. The molecule has 2 aliphatic rings. The number of guanidine groups is 1. The first-order chi connectivity index (χ1) is 11.7. The molecular weight excluding hydrogens is 427 g/mol.